The number of likely N-dealkylation sites (tertiary alicyclic amines) is 1. The number of nitrogens with zero attached hydrogens (tertiary/aromatic N) is 1. The minimum Gasteiger partial charge on any atom is -0.328 e. The molecule has 0 bridgehead atoms. The van der Waals surface area contributed by atoms with Crippen molar-refractivity contribution in [2.45, 2.75) is 25.9 Å². The summed E-state index contributed by atoms with van der Waals surface area (Å²) in [4.78, 5) is 2.51. The predicted molar refractivity (Wildman–Crippen MR) is 83.4 cm³/mol. The van der Waals surface area contributed by atoms with Crippen LogP contribution in [-0.4, -0.2) is 24.0 Å². The molecule has 2 unspecified atom stereocenters. The van der Waals surface area contributed by atoms with Crippen LogP contribution in [0.1, 0.15) is 18.9 Å². The normalized spacial score (nSPS) is 22.2. The quantitative estimate of drug-likeness (QED) is 0.834. The summed E-state index contributed by atoms with van der Waals surface area (Å²) in [6, 6.07) is 9.13. The van der Waals surface area contributed by atoms with Crippen LogP contribution in [0.3, 0.4) is 0 Å². The molecule has 2 N–H and O–H groups in total. The van der Waals surface area contributed by atoms with Crippen molar-refractivity contribution in [1.29, 1.82) is 0 Å². The van der Waals surface area contributed by atoms with Crippen molar-refractivity contribution in [1.82, 2.24) is 4.90 Å². The maximum absolute atomic E-state index is 5.95. The van der Waals surface area contributed by atoms with Crippen molar-refractivity contribution in [3.63, 3.8) is 0 Å². The number of nitrogens with two attached hydrogens (primary N) is 1. The number of hydrogen-bond donors (Lipinski definition) is 1. The van der Waals surface area contributed by atoms with Crippen molar-refractivity contribution < 1.29 is 0 Å². The van der Waals surface area contributed by atoms with E-state index in [9.17, 15) is 0 Å². The molecule has 1 fully saturated rings. The molecule has 2 atom stereocenters. The third kappa shape index (κ3) is 4.39. The zero-order valence-corrected chi connectivity index (χ0v) is 13.1. The van der Waals surface area contributed by atoms with Gasteiger partial charge in [-0.1, -0.05) is 12.1 Å². The van der Waals surface area contributed by atoms with E-state index in [1.165, 1.54) is 22.1 Å². The second kappa shape index (κ2) is 6.92. The second-order valence-corrected chi connectivity index (χ2v) is 6.02. The van der Waals surface area contributed by atoms with Gasteiger partial charge in [-0.3, -0.25) is 4.90 Å². The van der Waals surface area contributed by atoms with Crippen LogP contribution in [0.5, 0.6) is 0 Å². The van der Waals surface area contributed by atoms with E-state index < -0.39 is 0 Å². The molecule has 0 spiro atoms. The zero-order chi connectivity index (χ0) is 11.5. The second-order valence-electron chi connectivity index (χ2n) is 4.77. The van der Waals surface area contributed by atoms with Crippen molar-refractivity contribution in [2.75, 3.05) is 13.1 Å². The fraction of sp³-hybridized carbons (Fsp3) is 0.538. The molecule has 1 aliphatic rings. The Morgan fingerprint density at radius 3 is 2.59 bits per heavy atom. The summed E-state index contributed by atoms with van der Waals surface area (Å²) in [6.45, 7) is 5.54. The highest BCUT2D eigenvalue weighted by atomic mass is 127. The van der Waals surface area contributed by atoms with Crippen LogP contribution in [0, 0.1) is 9.49 Å². The predicted octanol–water partition coefficient (Wildman–Crippen LogP) is 2.88. The topological polar surface area (TPSA) is 29.3 Å². The maximum Gasteiger partial charge on any atom is 0.0233 e. The van der Waals surface area contributed by atoms with Crippen LogP contribution >= 0.6 is 35.0 Å². The monoisotopic (exact) mass is 366 g/mol. The number of hydrogen-bond acceptors (Lipinski definition) is 2. The Hall–Kier alpha value is 0.160. The van der Waals surface area contributed by atoms with E-state index in [4.69, 9.17) is 5.73 Å². The molecule has 2 nitrogen and oxygen atoms in total. The largest absolute Gasteiger partial charge is 0.328 e. The van der Waals surface area contributed by atoms with Gasteiger partial charge < -0.3 is 5.73 Å². The molecule has 0 saturated carbocycles. The average Bonchev–Trinajstić information content (AvgIpc) is 2.70. The highest BCUT2D eigenvalue weighted by molar-refractivity contribution is 14.1. The standard InChI is InChI=1S/C13H19IN2.ClH/c1-10(15)12-6-7-16(9-12)8-11-2-4-13(14)5-3-11;/h2-5,10,12H,6-9,15H2,1H3;1H. The van der Waals surface area contributed by atoms with E-state index in [1.807, 2.05) is 0 Å². The van der Waals surface area contributed by atoms with Gasteiger partial charge in [-0.2, -0.15) is 0 Å². The Morgan fingerprint density at radius 1 is 1.41 bits per heavy atom. The first-order valence-corrected chi connectivity index (χ1v) is 6.95. The first-order chi connectivity index (χ1) is 7.65. The highest BCUT2D eigenvalue weighted by Gasteiger charge is 2.24. The van der Waals surface area contributed by atoms with Crippen LogP contribution in [0.4, 0.5) is 0 Å². The van der Waals surface area contributed by atoms with Gasteiger partial charge >= 0.3 is 0 Å². The maximum atomic E-state index is 5.95. The minimum atomic E-state index is 0. The van der Waals surface area contributed by atoms with Gasteiger partial charge in [0.15, 0.2) is 0 Å². The fourth-order valence-corrected chi connectivity index (χ4v) is 2.64. The molecule has 1 aromatic carbocycles. The summed E-state index contributed by atoms with van der Waals surface area (Å²) in [6.07, 6.45) is 1.25. The third-order valence-electron chi connectivity index (χ3n) is 3.37. The van der Waals surface area contributed by atoms with Crippen LogP contribution in [0.2, 0.25) is 0 Å². The molecule has 0 aliphatic carbocycles. The van der Waals surface area contributed by atoms with Gasteiger partial charge in [-0.05, 0) is 66.1 Å². The molecule has 0 amide bonds. The minimum absolute atomic E-state index is 0. The lowest BCUT2D eigenvalue weighted by molar-refractivity contribution is 0.308. The van der Waals surface area contributed by atoms with Gasteiger partial charge in [0.05, 0.1) is 0 Å². The highest BCUT2D eigenvalue weighted by Crippen LogP contribution is 2.20. The van der Waals surface area contributed by atoms with Gasteiger partial charge in [0.25, 0.3) is 0 Å². The molecule has 1 aliphatic heterocycles. The van der Waals surface area contributed by atoms with Crippen LogP contribution in [-0.2, 0) is 6.54 Å². The Kier molecular flexibility index (Phi) is 6.20. The molecule has 96 valence electrons. The number of rotatable bonds is 3. The lowest BCUT2D eigenvalue weighted by Gasteiger charge is -2.17. The van der Waals surface area contributed by atoms with Gasteiger partial charge in [0.2, 0.25) is 0 Å². The molecule has 17 heavy (non-hydrogen) atoms. The van der Waals surface area contributed by atoms with Crippen molar-refractivity contribution in [3.8, 4) is 0 Å². The van der Waals surface area contributed by atoms with E-state index in [-0.39, 0.29) is 12.4 Å². The molecule has 0 aromatic heterocycles. The summed E-state index contributed by atoms with van der Waals surface area (Å²) in [5.41, 5.74) is 7.35. The molecule has 0 radical (unpaired) electrons. The molecular formula is C13H20ClIN2. The van der Waals surface area contributed by atoms with Gasteiger partial charge in [0.1, 0.15) is 0 Å². The first-order valence-electron chi connectivity index (χ1n) is 5.87. The average molecular weight is 367 g/mol. The van der Waals surface area contributed by atoms with Crippen molar-refractivity contribution in [2.24, 2.45) is 11.7 Å². The van der Waals surface area contributed by atoms with Crippen molar-refractivity contribution in [3.05, 3.63) is 33.4 Å². The molecule has 1 aromatic rings. The summed E-state index contributed by atoms with van der Waals surface area (Å²) < 4.78 is 1.30. The van der Waals surface area contributed by atoms with E-state index in [0.29, 0.717) is 12.0 Å². The number of halogens is 2. The van der Waals surface area contributed by atoms with E-state index in [2.05, 4.69) is 58.7 Å². The summed E-state index contributed by atoms with van der Waals surface area (Å²) >= 11 is 2.34. The summed E-state index contributed by atoms with van der Waals surface area (Å²) in [5, 5.41) is 0. The van der Waals surface area contributed by atoms with E-state index in [1.54, 1.807) is 0 Å². The first kappa shape index (κ1) is 15.2. The van der Waals surface area contributed by atoms with Crippen LogP contribution in [0.25, 0.3) is 0 Å². The van der Waals surface area contributed by atoms with Gasteiger partial charge in [0, 0.05) is 22.7 Å². The van der Waals surface area contributed by atoms with Crippen molar-refractivity contribution >= 4 is 35.0 Å². The molecule has 4 heteroatoms. The summed E-state index contributed by atoms with van der Waals surface area (Å²) in [5.74, 6) is 0.684. The smallest absolute Gasteiger partial charge is 0.0233 e. The molecular weight excluding hydrogens is 347 g/mol. The Labute approximate surface area is 123 Å². The molecule has 2 rings (SSSR count). The zero-order valence-electron chi connectivity index (χ0n) is 10.1. The summed E-state index contributed by atoms with van der Waals surface area (Å²) in [7, 11) is 0. The van der Waals surface area contributed by atoms with Crippen LogP contribution < -0.4 is 5.73 Å². The SMILES string of the molecule is CC(N)C1CCN(Cc2ccc(I)cc2)C1.Cl. The van der Waals surface area contributed by atoms with E-state index >= 15 is 0 Å². The van der Waals surface area contributed by atoms with Crippen LogP contribution in [0.15, 0.2) is 24.3 Å². The van der Waals surface area contributed by atoms with Gasteiger partial charge in [-0.15, -0.1) is 12.4 Å². The molecule has 1 saturated heterocycles. The van der Waals surface area contributed by atoms with Gasteiger partial charge in [-0.25, -0.2) is 0 Å². The number of benzene rings is 1. The lowest BCUT2D eigenvalue weighted by atomic mass is 10.0. The Morgan fingerprint density at radius 2 is 2.06 bits per heavy atom. The fourth-order valence-electron chi connectivity index (χ4n) is 2.28. The van der Waals surface area contributed by atoms with E-state index in [0.717, 1.165) is 13.1 Å². The molecule has 1 heterocycles. The Balaban J connectivity index is 0.00000144. The lowest BCUT2D eigenvalue weighted by Crippen LogP contribution is -2.29. The third-order valence-corrected chi connectivity index (χ3v) is 4.09. The Bertz CT molecular complexity index is 340.